The summed E-state index contributed by atoms with van der Waals surface area (Å²) in [5.74, 6) is 5.92. The van der Waals surface area contributed by atoms with Crippen LogP contribution in [0.3, 0.4) is 0 Å². The summed E-state index contributed by atoms with van der Waals surface area (Å²) in [5.41, 5.74) is 4.26. The third-order valence-electron chi connectivity index (χ3n) is 2.94. The molecule has 1 fully saturated rings. The van der Waals surface area contributed by atoms with E-state index in [1.807, 2.05) is 0 Å². The highest BCUT2D eigenvalue weighted by Crippen LogP contribution is 2.58. The molecule has 2 N–H and O–H groups in total. The Morgan fingerprint density at radius 1 is 1.56 bits per heavy atom. The van der Waals surface area contributed by atoms with E-state index in [0.717, 1.165) is 0 Å². The molecular formula is C11H11BrFN3. The highest BCUT2D eigenvalue weighted by atomic mass is 79.9. The molecule has 1 aliphatic carbocycles. The number of aromatic nitrogens is 2. The minimum Gasteiger partial charge on any atom is -0.381 e. The highest BCUT2D eigenvalue weighted by Gasteiger charge is 2.61. The molecule has 3 nitrogen and oxygen atoms in total. The van der Waals surface area contributed by atoms with Crippen molar-refractivity contribution in [1.29, 1.82) is 0 Å². The van der Waals surface area contributed by atoms with E-state index in [1.54, 1.807) is 13.8 Å². The number of anilines is 1. The van der Waals surface area contributed by atoms with Crippen LogP contribution in [-0.4, -0.2) is 15.6 Å². The van der Waals surface area contributed by atoms with Crippen molar-refractivity contribution < 1.29 is 4.39 Å². The normalized spacial score (nSPS) is 31.8. The third-order valence-corrected chi connectivity index (χ3v) is 3.32. The van der Waals surface area contributed by atoms with E-state index in [1.165, 1.54) is 6.20 Å². The lowest BCUT2D eigenvalue weighted by molar-refractivity contribution is 0.291. The number of nitrogen functional groups attached to an aromatic ring is 1. The van der Waals surface area contributed by atoms with E-state index in [2.05, 4.69) is 37.7 Å². The number of hydrogen-bond donors (Lipinski definition) is 1. The minimum atomic E-state index is -1.20. The third kappa shape index (κ3) is 1.90. The zero-order valence-electron chi connectivity index (χ0n) is 9.01. The van der Waals surface area contributed by atoms with E-state index in [4.69, 9.17) is 5.73 Å². The lowest BCUT2D eigenvalue weighted by Crippen LogP contribution is -2.05. The predicted octanol–water partition coefficient (Wildman–Crippen LogP) is 2.31. The van der Waals surface area contributed by atoms with Gasteiger partial charge < -0.3 is 5.73 Å². The van der Waals surface area contributed by atoms with Crippen LogP contribution in [0, 0.1) is 17.3 Å². The second-order valence-electron chi connectivity index (χ2n) is 4.38. The number of halogens is 2. The van der Waals surface area contributed by atoms with E-state index < -0.39 is 11.1 Å². The van der Waals surface area contributed by atoms with Gasteiger partial charge in [-0.2, -0.15) is 0 Å². The Balaban J connectivity index is 2.26. The smallest absolute Gasteiger partial charge is 0.159 e. The molecule has 0 spiro atoms. The van der Waals surface area contributed by atoms with Crippen molar-refractivity contribution in [2.24, 2.45) is 5.41 Å². The molecule has 0 aliphatic heterocycles. The van der Waals surface area contributed by atoms with E-state index >= 15 is 0 Å². The van der Waals surface area contributed by atoms with Gasteiger partial charge >= 0.3 is 0 Å². The first-order valence-corrected chi connectivity index (χ1v) is 5.63. The average Bonchev–Trinajstić information content (AvgIpc) is 2.64. The molecule has 2 rings (SSSR count). The van der Waals surface area contributed by atoms with Gasteiger partial charge in [-0.1, -0.05) is 5.92 Å². The van der Waals surface area contributed by atoms with Crippen LogP contribution in [0.1, 0.15) is 26.0 Å². The first-order chi connectivity index (χ1) is 7.34. The zero-order valence-corrected chi connectivity index (χ0v) is 10.6. The summed E-state index contributed by atoms with van der Waals surface area (Å²) >= 11 is 3.16. The maximum absolute atomic E-state index is 13.5. The molecule has 5 heteroatoms. The standard InChI is InChI=1S/C11H11BrFN3/c1-10(6-11(10,2)13)4-3-7-9(14)16-8(12)5-15-7/h5H,6H2,1-2H3,(H2,14,16). The summed E-state index contributed by atoms with van der Waals surface area (Å²) in [5, 5.41) is 0. The molecule has 1 aromatic heterocycles. The largest absolute Gasteiger partial charge is 0.381 e. The molecule has 2 unspecified atom stereocenters. The molecule has 0 bridgehead atoms. The molecular weight excluding hydrogens is 273 g/mol. The molecule has 1 saturated carbocycles. The monoisotopic (exact) mass is 283 g/mol. The summed E-state index contributed by atoms with van der Waals surface area (Å²) in [6.07, 6.45) is 1.97. The summed E-state index contributed by atoms with van der Waals surface area (Å²) in [4.78, 5) is 7.99. The summed E-state index contributed by atoms with van der Waals surface area (Å²) in [6.45, 7) is 3.35. The second-order valence-corrected chi connectivity index (χ2v) is 5.20. The lowest BCUT2D eigenvalue weighted by Gasteiger charge is -2.02. The van der Waals surface area contributed by atoms with Crippen LogP contribution in [0.25, 0.3) is 0 Å². The van der Waals surface area contributed by atoms with Gasteiger partial charge in [-0.3, -0.25) is 0 Å². The molecule has 2 atom stereocenters. The molecule has 1 aromatic rings. The van der Waals surface area contributed by atoms with Crippen LogP contribution < -0.4 is 5.73 Å². The van der Waals surface area contributed by atoms with Gasteiger partial charge in [0.25, 0.3) is 0 Å². The Hall–Kier alpha value is -1.15. The molecule has 16 heavy (non-hydrogen) atoms. The Labute approximate surface area is 102 Å². The van der Waals surface area contributed by atoms with E-state index in [-0.39, 0.29) is 5.82 Å². The maximum atomic E-state index is 13.5. The Bertz CT molecular complexity index is 504. The van der Waals surface area contributed by atoms with E-state index in [9.17, 15) is 4.39 Å². The number of nitrogens with zero attached hydrogens (tertiary/aromatic N) is 2. The average molecular weight is 284 g/mol. The van der Waals surface area contributed by atoms with Crippen molar-refractivity contribution in [3.8, 4) is 11.8 Å². The van der Waals surface area contributed by atoms with Crippen LogP contribution in [0.2, 0.25) is 0 Å². The van der Waals surface area contributed by atoms with Crippen LogP contribution >= 0.6 is 15.9 Å². The number of nitrogens with two attached hydrogens (primary N) is 1. The summed E-state index contributed by atoms with van der Waals surface area (Å²) in [6, 6.07) is 0. The van der Waals surface area contributed by atoms with Crippen molar-refractivity contribution >= 4 is 21.7 Å². The van der Waals surface area contributed by atoms with Gasteiger partial charge in [-0.25, -0.2) is 14.4 Å². The van der Waals surface area contributed by atoms with Crippen LogP contribution in [-0.2, 0) is 0 Å². The van der Waals surface area contributed by atoms with Crippen LogP contribution in [0.5, 0.6) is 0 Å². The molecule has 1 heterocycles. The maximum Gasteiger partial charge on any atom is 0.159 e. The minimum absolute atomic E-state index is 0.256. The van der Waals surface area contributed by atoms with Crippen molar-refractivity contribution in [2.45, 2.75) is 25.9 Å². The van der Waals surface area contributed by atoms with Gasteiger partial charge in [-0.05, 0) is 35.7 Å². The van der Waals surface area contributed by atoms with Crippen LogP contribution in [0.4, 0.5) is 10.2 Å². The van der Waals surface area contributed by atoms with Gasteiger partial charge in [0.2, 0.25) is 0 Å². The van der Waals surface area contributed by atoms with Crippen molar-refractivity contribution in [3.05, 3.63) is 16.5 Å². The Kier molecular flexibility index (Phi) is 2.43. The number of alkyl halides is 1. The summed E-state index contributed by atoms with van der Waals surface area (Å²) in [7, 11) is 0. The van der Waals surface area contributed by atoms with Crippen molar-refractivity contribution in [1.82, 2.24) is 9.97 Å². The second kappa shape index (κ2) is 3.42. The molecule has 84 valence electrons. The Morgan fingerprint density at radius 2 is 2.19 bits per heavy atom. The first-order valence-electron chi connectivity index (χ1n) is 4.84. The zero-order chi connectivity index (χ0) is 12.0. The van der Waals surface area contributed by atoms with Gasteiger partial charge in [0.15, 0.2) is 11.5 Å². The molecule has 0 radical (unpaired) electrons. The van der Waals surface area contributed by atoms with Gasteiger partial charge in [0, 0.05) is 6.42 Å². The van der Waals surface area contributed by atoms with E-state index in [0.29, 0.717) is 16.7 Å². The van der Waals surface area contributed by atoms with Crippen molar-refractivity contribution in [3.63, 3.8) is 0 Å². The molecule has 0 aromatic carbocycles. The number of hydrogen-bond acceptors (Lipinski definition) is 3. The summed E-state index contributed by atoms with van der Waals surface area (Å²) < 4.78 is 14.1. The first kappa shape index (κ1) is 11.3. The molecule has 0 saturated heterocycles. The van der Waals surface area contributed by atoms with Gasteiger partial charge in [0.05, 0.1) is 11.6 Å². The lowest BCUT2D eigenvalue weighted by atomic mass is 10.1. The Morgan fingerprint density at radius 3 is 2.69 bits per heavy atom. The fourth-order valence-electron chi connectivity index (χ4n) is 1.47. The number of rotatable bonds is 0. The topological polar surface area (TPSA) is 51.8 Å². The predicted molar refractivity (Wildman–Crippen MR) is 63.3 cm³/mol. The quantitative estimate of drug-likeness (QED) is 0.744. The molecule has 1 aliphatic rings. The highest BCUT2D eigenvalue weighted by molar-refractivity contribution is 9.10. The fraction of sp³-hybridized carbons (Fsp3) is 0.455. The van der Waals surface area contributed by atoms with Gasteiger partial charge in [-0.15, -0.1) is 0 Å². The van der Waals surface area contributed by atoms with Gasteiger partial charge in [0.1, 0.15) is 10.3 Å². The van der Waals surface area contributed by atoms with Crippen LogP contribution in [0.15, 0.2) is 10.8 Å². The fourth-order valence-corrected chi connectivity index (χ4v) is 1.76. The molecule has 0 amide bonds. The van der Waals surface area contributed by atoms with Crippen molar-refractivity contribution in [2.75, 3.05) is 5.73 Å². The SMILES string of the molecule is CC1(F)CC1(C)C#Cc1ncc(Br)nc1N.